The summed E-state index contributed by atoms with van der Waals surface area (Å²) in [5.41, 5.74) is 3.56. The molecular weight excluding hydrogens is 342 g/mol. The Balaban J connectivity index is 1.88. The predicted octanol–water partition coefficient (Wildman–Crippen LogP) is 1.45. The van der Waals surface area contributed by atoms with Gasteiger partial charge in [-0.2, -0.15) is 0 Å². The number of fused-ring (bicyclic) bond motifs is 1. The first-order valence-corrected chi connectivity index (χ1v) is 9.39. The van der Waals surface area contributed by atoms with Gasteiger partial charge in [0.05, 0.1) is 13.2 Å². The molecule has 0 spiro atoms. The second-order valence-electron chi connectivity index (χ2n) is 7.95. The molecule has 2 heterocycles. The Morgan fingerprint density at radius 3 is 2.78 bits per heavy atom. The maximum atomic E-state index is 10.4. The zero-order valence-electron chi connectivity index (χ0n) is 16.5. The number of anilines is 1. The highest BCUT2D eigenvalue weighted by atomic mass is 16.3. The van der Waals surface area contributed by atoms with E-state index in [1.165, 1.54) is 0 Å². The van der Waals surface area contributed by atoms with Crippen molar-refractivity contribution >= 4 is 5.82 Å². The van der Waals surface area contributed by atoms with Crippen LogP contribution in [0, 0.1) is 6.92 Å². The lowest BCUT2D eigenvalue weighted by molar-refractivity contribution is 0.0790. The van der Waals surface area contributed by atoms with Crippen molar-refractivity contribution in [3.63, 3.8) is 0 Å². The summed E-state index contributed by atoms with van der Waals surface area (Å²) in [5, 5.41) is 22.8. The quantitative estimate of drug-likeness (QED) is 0.634. The lowest BCUT2D eigenvalue weighted by Crippen LogP contribution is -2.52. The molecule has 1 aliphatic carbocycles. The molecule has 3 rings (SSSR count). The van der Waals surface area contributed by atoms with Crippen molar-refractivity contribution in [2.75, 3.05) is 25.1 Å². The van der Waals surface area contributed by atoms with Crippen LogP contribution in [0.2, 0.25) is 0 Å². The molecule has 0 saturated carbocycles. The number of hydrogen-bond acceptors (Lipinski definition) is 7. The Morgan fingerprint density at radius 2 is 2.07 bits per heavy atom. The van der Waals surface area contributed by atoms with E-state index in [-0.39, 0.29) is 6.61 Å². The Hall–Kier alpha value is -2.09. The molecule has 1 aliphatic rings. The molecule has 27 heavy (non-hydrogen) atoms. The summed E-state index contributed by atoms with van der Waals surface area (Å²) in [6.45, 7) is 6.02. The number of nitrogens with one attached hydrogen (secondary N) is 1. The lowest BCUT2D eigenvalue weighted by atomic mass is 10.1. The topological polar surface area (TPSA) is 94.4 Å². The summed E-state index contributed by atoms with van der Waals surface area (Å²) < 4.78 is 0. The average molecular weight is 371 g/mol. The maximum Gasteiger partial charge on any atom is 0.180 e. The summed E-state index contributed by atoms with van der Waals surface area (Å²) in [7, 11) is 1.92. The second kappa shape index (κ2) is 7.88. The van der Waals surface area contributed by atoms with E-state index in [9.17, 15) is 10.2 Å². The summed E-state index contributed by atoms with van der Waals surface area (Å²) >= 11 is 0. The Kier molecular flexibility index (Phi) is 5.74. The number of hydrogen-bond donors (Lipinski definition) is 3. The highest BCUT2D eigenvalue weighted by Crippen LogP contribution is 2.30. The summed E-state index contributed by atoms with van der Waals surface area (Å²) in [5.74, 6) is 1.47. The second-order valence-corrected chi connectivity index (χ2v) is 7.95. The van der Waals surface area contributed by atoms with Crippen LogP contribution < -0.4 is 10.2 Å². The summed E-state index contributed by atoms with van der Waals surface area (Å²) in [6.07, 6.45) is 3.94. The molecule has 146 valence electrons. The van der Waals surface area contributed by atoms with Gasteiger partial charge < -0.3 is 15.1 Å². The van der Waals surface area contributed by atoms with Gasteiger partial charge >= 0.3 is 0 Å². The lowest BCUT2D eigenvalue weighted by Gasteiger charge is -2.30. The molecule has 0 fully saturated rings. The summed E-state index contributed by atoms with van der Waals surface area (Å²) in [6, 6.07) is 3.94. The highest BCUT2D eigenvalue weighted by molar-refractivity contribution is 5.59. The molecule has 0 aromatic carbocycles. The number of rotatable bonds is 7. The van der Waals surface area contributed by atoms with E-state index in [1.54, 1.807) is 6.20 Å². The molecule has 7 heteroatoms. The predicted molar refractivity (Wildman–Crippen MR) is 106 cm³/mol. The van der Waals surface area contributed by atoms with Crippen LogP contribution in [0.15, 0.2) is 18.3 Å². The summed E-state index contributed by atoms with van der Waals surface area (Å²) in [4.78, 5) is 15.9. The van der Waals surface area contributed by atoms with Crippen LogP contribution >= 0.6 is 0 Å². The average Bonchev–Trinajstić information content (AvgIpc) is 3.08. The van der Waals surface area contributed by atoms with E-state index in [4.69, 9.17) is 9.97 Å². The normalized spacial score (nSPS) is 14.9. The molecule has 0 aliphatic heterocycles. The largest absolute Gasteiger partial charge is 0.394 e. The SMILES string of the molecule is Cc1ccnc(-c2nc3c(c(N(C)CC(O)NC(C)(C)CO)n2)CCC3)c1. The van der Waals surface area contributed by atoms with E-state index >= 15 is 0 Å². The number of aliphatic hydroxyl groups is 2. The minimum Gasteiger partial charge on any atom is -0.394 e. The zero-order valence-corrected chi connectivity index (χ0v) is 16.5. The van der Waals surface area contributed by atoms with Gasteiger partial charge in [0.2, 0.25) is 0 Å². The maximum absolute atomic E-state index is 10.4. The molecular formula is C20H29N5O2. The monoisotopic (exact) mass is 371 g/mol. The van der Waals surface area contributed by atoms with E-state index in [0.29, 0.717) is 12.4 Å². The van der Waals surface area contributed by atoms with Crippen LogP contribution in [-0.2, 0) is 12.8 Å². The van der Waals surface area contributed by atoms with Crippen LogP contribution in [0.4, 0.5) is 5.82 Å². The van der Waals surface area contributed by atoms with Gasteiger partial charge in [-0.15, -0.1) is 0 Å². The van der Waals surface area contributed by atoms with Crippen LogP contribution in [0.5, 0.6) is 0 Å². The van der Waals surface area contributed by atoms with Gasteiger partial charge in [-0.1, -0.05) is 0 Å². The van der Waals surface area contributed by atoms with Crippen LogP contribution in [-0.4, -0.2) is 57.1 Å². The molecule has 0 saturated heterocycles. The van der Waals surface area contributed by atoms with Gasteiger partial charge in [-0.3, -0.25) is 10.3 Å². The minimum atomic E-state index is -0.787. The number of likely N-dealkylation sites (N-methyl/N-ethyl adjacent to an activating group) is 1. The zero-order chi connectivity index (χ0) is 19.6. The Morgan fingerprint density at radius 1 is 1.30 bits per heavy atom. The molecule has 3 N–H and O–H groups in total. The number of aryl methyl sites for hydroxylation is 2. The third-order valence-electron chi connectivity index (χ3n) is 4.82. The molecule has 7 nitrogen and oxygen atoms in total. The smallest absolute Gasteiger partial charge is 0.180 e. The van der Waals surface area contributed by atoms with Crippen LogP contribution in [0.3, 0.4) is 0 Å². The third kappa shape index (κ3) is 4.61. The van der Waals surface area contributed by atoms with Gasteiger partial charge in [-0.05, 0) is 57.7 Å². The highest BCUT2D eigenvalue weighted by Gasteiger charge is 2.25. The number of nitrogens with zero attached hydrogens (tertiary/aromatic N) is 4. The van der Waals surface area contributed by atoms with E-state index in [0.717, 1.165) is 47.6 Å². The first kappa shape index (κ1) is 19.7. The van der Waals surface area contributed by atoms with Crippen molar-refractivity contribution in [1.29, 1.82) is 0 Å². The first-order valence-electron chi connectivity index (χ1n) is 9.39. The molecule has 2 aromatic heterocycles. The molecule has 0 radical (unpaired) electrons. The molecule has 0 bridgehead atoms. The Labute approximate surface area is 160 Å². The van der Waals surface area contributed by atoms with Gasteiger partial charge in [0.25, 0.3) is 0 Å². The van der Waals surface area contributed by atoms with Crippen molar-refractivity contribution in [3.8, 4) is 11.5 Å². The fraction of sp³-hybridized carbons (Fsp3) is 0.550. The van der Waals surface area contributed by atoms with Crippen molar-refractivity contribution in [3.05, 3.63) is 35.2 Å². The van der Waals surface area contributed by atoms with Crippen molar-refractivity contribution in [2.45, 2.75) is 51.8 Å². The van der Waals surface area contributed by atoms with E-state index in [2.05, 4.69) is 10.3 Å². The number of aromatic nitrogens is 3. The Bertz CT molecular complexity index is 809. The van der Waals surface area contributed by atoms with Crippen LogP contribution in [0.1, 0.15) is 37.1 Å². The number of pyridine rings is 1. The molecule has 2 aromatic rings. The molecule has 1 atom stereocenters. The van der Waals surface area contributed by atoms with E-state index < -0.39 is 11.8 Å². The number of aliphatic hydroxyl groups excluding tert-OH is 2. The van der Waals surface area contributed by atoms with Gasteiger partial charge in [0, 0.05) is 30.0 Å². The van der Waals surface area contributed by atoms with Gasteiger partial charge in [-0.25, -0.2) is 9.97 Å². The van der Waals surface area contributed by atoms with Crippen LogP contribution in [0.25, 0.3) is 11.5 Å². The standard InChI is InChI=1S/C20H29N5O2/c1-13-8-9-21-16(10-13)18-22-15-7-5-6-14(15)19(23-18)25(4)11-17(27)24-20(2,3)12-26/h8-10,17,24,26-27H,5-7,11-12H2,1-4H3. The fourth-order valence-corrected chi connectivity index (χ4v) is 3.39. The van der Waals surface area contributed by atoms with Gasteiger partial charge in [0.15, 0.2) is 5.82 Å². The van der Waals surface area contributed by atoms with Crippen molar-refractivity contribution < 1.29 is 10.2 Å². The van der Waals surface area contributed by atoms with Gasteiger partial charge in [0.1, 0.15) is 17.7 Å². The molecule has 1 unspecified atom stereocenters. The van der Waals surface area contributed by atoms with Crippen molar-refractivity contribution in [2.24, 2.45) is 0 Å². The first-order chi connectivity index (χ1) is 12.8. The van der Waals surface area contributed by atoms with Crippen molar-refractivity contribution in [1.82, 2.24) is 20.3 Å². The third-order valence-corrected chi connectivity index (χ3v) is 4.82. The fourth-order valence-electron chi connectivity index (χ4n) is 3.39. The van der Waals surface area contributed by atoms with E-state index in [1.807, 2.05) is 44.9 Å². The molecule has 0 amide bonds. The minimum absolute atomic E-state index is 0.0557.